The molecule has 0 fully saturated rings. The van der Waals surface area contributed by atoms with Gasteiger partial charge in [0.05, 0.1) is 6.61 Å². The summed E-state index contributed by atoms with van der Waals surface area (Å²) in [6.45, 7) is 4.92. The normalized spacial score (nSPS) is 20.1. The van der Waals surface area contributed by atoms with Gasteiger partial charge in [-0.25, -0.2) is 8.42 Å². The number of ether oxygens (including phenoxy) is 3. The summed E-state index contributed by atoms with van der Waals surface area (Å²) in [5.74, 6) is 1.37. The minimum Gasteiger partial charge on any atom is -0.487 e. The van der Waals surface area contributed by atoms with E-state index in [9.17, 15) is 18.3 Å². The van der Waals surface area contributed by atoms with E-state index >= 15 is 0 Å². The third-order valence-electron chi connectivity index (χ3n) is 7.90. The molecule has 3 atom stereocenters. The lowest BCUT2D eigenvalue weighted by Crippen LogP contribution is -2.49. The number of aliphatic hydroxyl groups is 1. The molecule has 0 unspecified atom stereocenters. The zero-order valence-electron chi connectivity index (χ0n) is 25.2. The van der Waals surface area contributed by atoms with Crippen molar-refractivity contribution in [2.45, 2.75) is 37.4 Å². The van der Waals surface area contributed by atoms with E-state index in [1.54, 1.807) is 57.4 Å². The Bertz CT molecular complexity index is 1590. The first-order chi connectivity index (χ1) is 20.5. The predicted octanol–water partition coefficient (Wildman–Crippen LogP) is 3.68. The fraction of sp³-hybridized carbons (Fsp3) is 0.406. The van der Waals surface area contributed by atoms with Crippen LogP contribution in [0, 0.1) is 5.92 Å². The summed E-state index contributed by atoms with van der Waals surface area (Å²) in [6.07, 6.45) is -0.362. The number of benzene rings is 3. The van der Waals surface area contributed by atoms with Crippen LogP contribution in [0.2, 0.25) is 0 Å². The molecule has 2 aliphatic rings. The van der Waals surface area contributed by atoms with Gasteiger partial charge >= 0.3 is 0 Å². The molecule has 5 rings (SSSR count). The maximum absolute atomic E-state index is 13.9. The van der Waals surface area contributed by atoms with Crippen LogP contribution in [0.1, 0.15) is 29.8 Å². The molecule has 11 heteroatoms. The highest BCUT2D eigenvalue weighted by molar-refractivity contribution is 7.89. The van der Waals surface area contributed by atoms with Crippen LogP contribution < -0.4 is 14.2 Å². The Labute approximate surface area is 253 Å². The molecule has 0 aromatic heterocycles. The smallest absolute Gasteiger partial charge is 0.253 e. The number of carbonyl (C=O) groups excluding carboxylic acids is 1. The van der Waals surface area contributed by atoms with Crippen molar-refractivity contribution >= 4 is 15.9 Å². The number of hydrogen-bond acceptors (Lipinski definition) is 8. The van der Waals surface area contributed by atoms with Gasteiger partial charge in [-0.1, -0.05) is 31.2 Å². The van der Waals surface area contributed by atoms with Crippen LogP contribution in [0.5, 0.6) is 17.2 Å². The van der Waals surface area contributed by atoms with Crippen molar-refractivity contribution in [3.63, 3.8) is 0 Å². The predicted molar refractivity (Wildman–Crippen MR) is 163 cm³/mol. The number of likely N-dealkylation sites (N-methyl/N-ethyl adjacent to an activating group) is 1. The van der Waals surface area contributed by atoms with Gasteiger partial charge in [0.15, 0.2) is 11.5 Å². The van der Waals surface area contributed by atoms with Crippen LogP contribution in [0.4, 0.5) is 0 Å². The quantitative estimate of drug-likeness (QED) is 0.412. The molecule has 10 nitrogen and oxygen atoms in total. The highest BCUT2D eigenvalue weighted by atomic mass is 32.2. The highest BCUT2D eigenvalue weighted by Crippen LogP contribution is 2.37. The second-order valence-corrected chi connectivity index (χ2v) is 13.4. The number of carbonyl (C=O) groups is 1. The van der Waals surface area contributed by atoms with Crippen molar-refractivity contribution in [2.75, 3.05) is 47.6 Å². The third-order valence-corrected chi connectivity index (χ3v) is 9.92. The number of aliphatic hydroxyl groups excluding tert-OH is 1. The molecule has 43 heavy (non-hydrogen) atoms. The summed E-state index contributed by atoms with van der Waals surface area (Å²) < 4.78 is 46.7. The fourth-order valence-electron chi connectivity index (χ4n) is 5.44. The molecule has 1 amide bonds. The van der Waals surface area contributed by atoms with Crippen LogP contribution in [-0.2, 0) is 16.6 Å². The Morgan fingerprint density at radius 1 is 1.00 bits per heavy atom. The van der Waals surface area contributed by atoms with Gasteiger partial charge in [0.25, 0.3) is 5.91 Å². The number of amides is 1. The zero-order chi connectivity index (χ0) is 30.9. The topological polar surface area (TPSA) is 109 Å². The third kappa shape index (κ3) is 6.50. The van der Waals surface area contributed by atoms with E-state index in [1.807, 2.05) is 38.2 Å². The number of hydrogen-bond donors (Lipinski definition) is 1. The number of nitrogens with zero attached hydrogens (tertiary/aromatic N) is 3. The summed E-state index contributed by atoms with van der Waals surface area (Å²) in [5.41, 5.74) is 3.08. The molecule has 0 saturated carbocycles. The van der Waals surface area contributed by atoms with Crippen LogP contribution in [-0.4, -0.2) is 93.3 Å². The summed E-state index contributed by atoms with van der Waals surface area (Å²) in [4.78, 5) is 16.3. The standard InChI is InChI=1S/C32H39N3O7S/c1-21-16-35(22(2)19-36)43(38,39)31-12-10-25(24-7-6-8-26(14-24)32(37)33(3)4)15-29(31)42-30(21)18-34(5)17-23-9-11-27-28(13-23)41-20-40-27/h6-15,21-22,30,36H,16-20H2,1-5H3/t21-,22-,30-/m1/s1. The van der Waals surface area contributed by atoms with E-state index in [4.69, 9.17) is 14.2 Å². The lowest BCUT2D eigenvalue weighted by Gasteiger charge is -2.37. The molecule has 0 spiro atoms. The van der Waals surface area contributed by atoms with Gasteiger partial charge in [-0.2, -0.15) is 4.31 Å². The van der Waals surface area contributed by atoms with Gasteiger partial charge in [-0.05, 0) is 67.1 Å². The molecular formula is C32H39N3O7S. The van der Waals surface area contributed by atoms with Crippen LogP contribution in [0.15, 0.2) is 65.6 Å². The van der Waals surface area contributed by atoms with Crippen LogP contribution in [0.3, 0.4) is 0 Å². The first-order valence-corrected chi connectivity index (χ1v) is 15.7. The maximum Gasteiger partial charge on any atom is 0.253 e. The Morgan fingerprint density at radius 2 is 1.74 bits per heavy atom. The molecule has 3 aromatic rings. The first kappa shape index (κ1) is 30.8. The second kappa shape index (κ2) is 12.5. The van der Waals surface area contributed by atoms with E-state index < -0.39 is 16.1 Å². The van der Waals surface area contributed by atoms with Crippen molar-refractivity contribution in [3.8, 4) is 28.4 Å². The monoisotopic (exact) mass is 609 g/mol. The van der Waals surface area contributed by atoms with Gasteiger partial charge < -0.3 is 24.2 Å². The molecule has 0 radical (unpaired) electrons. The first-order valence-electron chi connectivity index (χ1n) is 14.3. The number of sulfonamides is 1. The van der Waals surface area contributed by atoms with Crippen molar-refractivity contribution in [1.29, 1.82) is 0 Å². The van der Waals surface area contributed by atoms with Gasteiger partial charge in [0, 0.05) is 51.3 Å². The van der Waals surface area contributed by atoms with E-state index in [0.717, 1.165) is 28.2 Å². The van der Waals surface area contributed by atoms with Crippen molar-refractivity contribution in [2.24, 2.45) is 5.92 Å². The lowest BCUT2D eigenvalue weighted by molar-refractivity contribution is 0.0734. The summed E-state index contributed by atoms with van der Waals surface area (Å²) in [5, 5.41) is 9.96. The minimum absolute atomic E-state index is 0.0485. The maximum atomic E-state index is 13.9. The van der Waals surface area contributed by atoms with Crippen molar-refractivity contribution in [1.82, 2.24) is 14.1 Å². The minimum atomic E-state index is -3.98. The average Bonchev–Trinajstić information content (AvgIpc) is 3.46. The molecular weight excluding hydrogens is 570 g/mol. The van der Waals surface area contributed by atoms with Gasteiger partial charge in [0.2, 0.25) is 16.8 Å². The van der Waals surface area contributed by atoms with E-state index in [-0.39, 0.29) is 48.5 Å². The Balaban J connectivity index is 1.49. The fourth-order valence-corrected chi connectivity index (χ4v) is 7.26. The van der Waals surface area contributed by atoms with Crippen molar-refractivity contribution < 1.29 is 32.5 Å². The van der Waals surface area contributed by atoms with Crippen LogP contribution in [0.25, 0.3) is 11.1 Å². The average molecular weight is 610 g/mol. The Hall–Kier alpha value is -3.64. The summed E-state index contributed by atoms with van der Waals surface area (Å²) in [7, 11) is 1.41. The summed E-state index contributed by atoms with van der Waals surface area (Å²) in [6, 6.07) is 17.5. The van der Waals surface area contributed by atoms with Crippen LogP contribution >= 0.6 is 0 Å². The van der Waals surface area contributed by atoms with Crippen molar-refractivity contribution in [3.05, 3.63) is 71.8 Å². The number of fused-ring (bicyclic) bond motifs is 2. The van der Waals surface area contributed by atoms with E-state index in [2.05, 4.69) is 4.90 Å². The molecule has 0 aliphatic carbocycles. The molecule has 2 aliphatic heterocycles. The van der Waals surface area contributed by atoms with E-state index in [1.165, 1.54) is 9.21 Å². The number of rotatable bonds is 8. The zero-order valence-corrected chi connectivity index (χ0v) is 26.0. The SMILES string of the molecule is C[C@@H]1CN([C@H](C)CO)S(=O)(=O)c2ccc(-c3cccc(C(=O)N(C)C)c3)cc2O[C@@H]1CN(C)Cc1ccc2c(c1)OCO2. The highest BCUT2D eigenvalue weighted by Gasteiger charge is 2.38. The molecule has 0 bridgehead atoms. The largest absolute Gasteiger partial charge is 0.487 e. The lowest BCUT2D eigenvalue weighted by atomic mass is 10.0. The molecule has 0 saturated heterocycles. The van der Waals surface area contributed by atoms with Gasteiger partial charge in [-0.15, -0.1) is 0 Å². The molecule has 3 aromatic carbocycles. The molecule has 2 heterocycles. The van der Waals surface area contributed by atoms with Gasteiger partial charge in [-0.3, -0.25) is 9.69 Å². The van der Waals surface area contributed by atoms with Gasteiger partial charge in [0.1, 0.15) is 16.7 Å². The second-order valence-electron chi connectivity index (χ2n) is 11.6. The summed E-state index contributed by atoms with van der Waals surface area (Å²) >= 11 is 0. The molecule has 230 valence electrons. The molecule has 1 N–H and O–H groups in total. The Morgan fingerprint density at radius 3 is 2.49 bits per heavy atom. The van der Waals surface area contributed by atoms with E-state index in [0.29, 0.717) is 18.7 Å². The Kier molecular flexibility index (Phi) is 8.98.